The van der Waals surface area contributed by atoms with Crippen LogP contribution in [0.15, 0.2) is 0 Å². The Bertz CT molecular complexity index is 175. The standard InChI is InChI=1S/C10H26N6/c1-9(12)10-8-14-6-7-16(10)15-5-4-13-3-2-11/h9-10,13-15H,2-8,11-12H2,1H3. The Balaban J connectivity index is 2.17. The van der Waals surface area contributed by atoms with Gasteiger partial charge < -0.3 is 22.1 Å². The largest absolute Gasteiger partial charge is 0.329 e. The second-order valence-electron chi connectivity index (χ2n) is 4.27. The van der Waals surface area contributed by atoms with Crippen LogP contribution in [-0.2, 0) is 0 Å². The summed E-state index contributed by atoms with van der Waals surface area (Å²) in [5, 5.41) is 8.88. The first-order valence-electron chi connectivity index (χ1n) is 6.13. The third-order valence-corrected chi connectivity index (χ3v) is 2.83. The summed E-state index contributed by atoms with van der Waals surface area (Å²) in [7, 11) is 0. The number of nitrogens with one attached hydrogen (secondary N) is 3. The van der Waals surface area contributed by atoms with E-state index < -0.39 is 0 Å². The van der Waals surface area contributed by atoms with E-state index in [0.29, 0.717) is 12.6 Å². The molecular weight excluding hydrogens is 204 g/mol. The van der Waals surface area contributed by atoms with E-state index in [1.807, 2.05) is 0 Å². The highest BCUT2D eigenvalue weighted by Crippen LogP contribution is 2.02. The maximum Gasteiger partial charge on any atom is 0.0517 e. The van der Waals surface area contributed by atoms with Crippen LogP contribution in [-0.4, -0.2) is 62.9 Å². The van der Waals surface area contributed by atoms with E-state index >= 15 is 0 Å². The summed E-state index contributed by atoms with van der Waals surface area (Å²) in [6.07, 6.45) is 0. The van der Waals surface area contributed by atoms with Crippen molar-refractivity contribution in [2.75, 3.05) is 45.8 Å². The molecule has 16 heavy (non-hydrogen) atoms. The first-order valence-corrected chi connectivity index (χ1v) is 6.13. The van der Waals surface area contributed by atoms with Crippen LogP contribution in [0.25, 0.3) is 0 Å². The van der Waals surface area contributed by atoms with Crippen LogP contribution in [0, 0.1) is 0 Å². The highest BCUT2D eigenvalue weighted by Gasteiger charge is 2.24. The zero-order valence-corrected chi connectivity index (χ0v) is 10.2. The molecule has 1 aliphatic heterocycles. The molecule has 1 heterocycles. The monoisotopic (exact) mass is 230 g/mol. The van der Waals surface area contributed by atoms with E-state index in [1.54, 1.807) is 0 Å². The lowest BCUT2D eigenvalue weighted by molar-refractivity contribution is 0.0846. The smallest absolute Gasteiger partial charge is 0.0517 e. The first kappa shape index (κ1) is 13.8. The average Bonchev–Trinajstić information content (AvgIpc) is 2.29. The second-order valence-corrected chi connectivity index (χ2v) is 4.27. The summed E-state index contributed by atoms with van der Waals surface area (Å²) < 4.78 is 0. The number of hydrazine groups is 1. The van der Waals surface area contributed by atoms with Gasteiger partial charge in [0.25, 0.3) is 0 Å². The molecule has 0 aromatic carbocycles. The molecule has 2 atom stereocenters. The number of hydrogen-bond donors (Lipinski definition) is 5. The second kappa shape index (κ2) is 7.94. The molecule has 0 aliphatic carbocycles. The number of nitrogens with two attached hydrogens (primary N) is 2. The molecule has 1 saturated heterocycles. The van der Waals surface area contributed by atoms with Gasteiger partial charge in [-0.25, -0.2) is 5.01 Å². The topological polar surface area (TPSA) is 91.4 Å². The summed E-state index contributed by atoms with van der Waals surface area (Å²) in [6.45, 7) is 8.46. The van der Waals surface area contributed by atoms with Crippen molar-refractivity contribution in [1.29, 1.82) is 0 Å². The maximum atomic E-state index is 5.96. The molecule has 96 valence electrons. The molecule has 0 radical (unpaired) electrons. The van der Waals surface area contributed by atoms with Gasteiger partial charge in [-0.2, -0.15) is 0 Å². The Morgan fingerprint density at radius 1 is 1.44 bits per heavy atom. The number of nitrogens with zero attached hydrogens (tertiary/aromatic N) is 1. The Hall–Kier alpha value is -0.240. The quantitative estimate of drug-likeness (QED) is 0.315. The van der Waals surface area contributed by atoms with Gasteiger partial charge in [-0.1, -0.05) is 0 Å². The van der Waals surface area contributed by atoms with Crippen molar-refractivity contribution in [3.05, 3.63) is 0 Å². The van der Waals surface area contributed by atoms with Gasteiger partial charge in [0.05, 0.1) is 6.04 Å². The van der Waals surface area contributed by atoms with Crippen LogP contribution in [0.5, 0.6) is 0 Å². The molecule has 0 saturated carbocycles. The summed E-state index contributed by atoms with van der Waals surface area (Å²) in [6, 6.07) is 0.556. The van der Waals surface area contributed by atoms with Gasteiger partial charge in [-0.3, -0.25) is 5.43 Å². The zero-order chi connectivity index (χ0) is 11.8. The molecule has 0 aromatic rings. The highest BCUT2D eigenvalue weighted by atomic mass is 15.5. The summed E-state index contributed by atoms with van der Waals surface area (Å²) in [5.74, 6) is 0. The lowest BCUT2D eigenvalue weighted by Crippen LogP contribution is -2.62. The Morgan fingerprint density at radius 3 is 2.94 bits per heavy atom. The van der Waals surface area contributed by atoms with E-state index in [2.05, 4.69) is 28.0 Å². The van der Waals surface area contributed by atoms with Gasteiger partial charge in [0.1, 0.15) is 0 Å². The third kappa shape index (κ3) is 4.73. The summed E-state index contributed by atoms with van der Waals surface area (Å²) >= 11 is 0. The predicted molar refractivity (Wildman–Crippen MR) is 66.9 cm³/mol. The van der Waals surface area contributed by atoms with Crippen molar-refractivity contribution in [2.24, 2.45) is 11.5 Å². The van der Waals surface area contributed by atoms with Gasteiger partial charge in [0, 0.05) is 51.9 Å². The van der Waals surface area contributed by atoms with Crippen LogP contribution < -0.4 is 27.5 Å². The molecule has 6 nitrogen and oxygen atoms in total. The molecule has 1 aliphatic rings. The minimum Gasteiger partial charge on any atom is -0.329 e. The van der Waals surface area contributed by atoms with Gasteiger partial charge in [-0.05, 0) is 6.92 Å². The van der Waals surface area contributed by atoms with Crippen molar-refractivity contribution < 1.29 is 0 Å². The van der Waals surface area contributed by atoms with Crippen LogP contribution in [0.3, 0.4) is 0 Å². The Labute approximate surface area is 98.1 Å². The average molecular weight is 230 g/mol. The minimum absolute atomic E-state index is 0.178. The molecule has 0 amide bonds. The summed E-state index contributed by atoms with van der Waals surface area (Å²) in [4.78, 5) is 0. The lowest BCUT2D eigenvalue weighted by Gasteiger charge is -2.38. The molecule has 0 spiro atoms. The summed E-state index contributed by atoms with van der Waals surface area (Å²) in [5.41, 5.74) is 14.8. The zero-order valence-electron chi connectivity index (χ0n) is 10.2. The minimum atomic E-state index is 0.178. The third-order valence-electron chi connectivity index (χ3n) is 2.83. The number of rotatable bonds is 7. The fraction of sp³-hybridized carbons (Fsp3) is 1.00. The molecule has 0 aromatic heterocycles. The van der Waals surface area contributed by atoms with Crippen molar-refractivity contribution in [2.45, 2.75) is 19.0 Å². The lowest BCUT2D eigenvalue weighted by atomic mass is 10.1. The maximum absolute atomic E-state index is 5.96. The van der Waals surface area contributed by atoms with E-state index in [-0.39, 0.29) is 6.04 Å². The molecule has 6 heteroatoms. The molecule has 7 N–H and O–H groups in total. The van der Waals surface area contributed by atoms with Crippen molar-refractivity contribution in [1.82, 2.24) is 21.1 Å². The van der Waals surface area contributed by atoms with Gasteiger partial charge >= 0.3 is 0 Å². The predicted octanol–water partition coefficient (Wildman–Crippen LogP) is -2.34. The Kier molecular flexibility index (Phi) is 6.86. The normalized spacial score (nSPS) is 24.6. The van der Waals surface area contributed by atoms with E-state index in [9.17, 15) is 0 Å². The molecule has 1 fully saturated rings. The van der Waals surface area contributed by atoms with Crippen LogP contribution >= 0.6 is 0 Å². The van der Waals surface area contributed by atoms with E-state index in [1.165, 1.54) is 0 Å². The molecular formula is C10H26N6. The van der Waals surface area contributed by atoms with Gasteiger partial charge in [-0.15, -0.1) is 0 Å². The first-order chi connectivity index (χ1) is 7.75. The van der Waals surface area contributed by atoms with Gasteiger partial charge in [0.15, 0.2) is 0 Å². The van der Waals surface area contributed by atoms with Crippen molar-refractivity contribution in [3.63, 3.8) is 0 Å². The number of hydrogen-bond acceptors (Lipinski definition) is 6. The van der Waals surface area contributed by atoms with Crippen LogP contribution in [0.1, 0.15) is 6.92 Å². The SMILES string of the molecule is CC(N)C1CNCCN1NCCNCCN. The molecule has 0 bridgehead atoms. The van der Waals surface area contributed by atoms with Crippen LogP contribution in [0.2, 0.25) is 0 Å². The molecule has 1 rings (SSSR count). The highest BCUT2D eigenvalue weighted by molar-refractivity contribution is 4.83. The van der Waals surface area contributed by atoms with E-state index in [4.69, 9.17) is 11.5 Å². The Morgan fingerprint density at radius 2 is 2.25 bits per heavy atom. The fourth-order valence-corrected chi connectivity index (χ4v) is 1.91. The van der Waals surface area contributed by atoms with Crippen molar-refractivity contribution >= 4 is 0 Å². The fourth-order valence-electron chi connectivity index (χ4n) is 1.91. The van der Waals surface area contributed by atoms with Gasteiger partial charge in [0.2, 0.25) is 0 Å². The van der Waals surface area contributed by atoms with Crippen molar-refractivity contribution in [3.8, 4) is 0 Å². The van der Waals surface area contributed by atoms with E-state index in [0.717, 1.165) is 39.3 Å². The van der Waals surface area contributed by atoms with Crippen LogP contribution in [0.4, 0.5) is 0 Å². The number of piperazine rings is 1. The molecule has 2 unspecified atom stereocenters.